The minimum Gasteiger partial charge on any atom is -0.352 e. The molecule has 1 aliphatic rings. The Bertz CT molecular complexity index is 805. The van der Waals surface area contributed by atoms with E-state index in [9.17, 15) is 9.59 Å². The molecule has 0 saturated heterocycles. The second-order valence-corrected chi connectivity index (χ2v) is 7.90. The molecule has 0 radical (unpaired) electrons. The zero-order valence-electron chi connectivity index (χ0n) is 15.8. The molecule has 0 bridgehead atoms. The van der Waals surface area contributed by atoms with Crippen molar-refractivity contribution in [1.29, 1.82) is 0 Å². The van der Waals surface area contributed by atoms with Crippen molar-refractivity contribution in [2.45, 2.75) is 24.4 Å². The van der Waals surface area contributed by atoms with Gasteiger partial charge in [-0.05, 0) is 37.4 Å². The van der Waals surface area contributed by atoms with Crippen molar-refractivity contribution in [2.24, 2.45) is 0 Å². The summed E-state index contributed by atoms with van der Waals surface area (Å²) in [6, 6.07) is 16.1. The van der Waals surface area contributed by atoms with E-state index >= 15 is 0 Å². The Kier molecular flexibility index (Phi) is 6.53. The largest absolute Gasteiger partial charge is 0.352 e. The average molecular weight is 384 g/mol. The van der Waals surface area contributed by atoms with Gasteiger partial charge in [-0.2, -0.15) is 0 Å². The van der Waals surface area contributed by atoms with E-state index in [1.165, 1.54) is 5.56 Å². The summed E-state index contributed by atoms with van der Waals surface area (Å²) in [5.41, 5.74) is 3.22. The van der Waals surface area contributed by atoms with Crippen LogP contribution in [0, 0.1) is 0 Å². The molecule has 2 aromatic carbocycles. The summed E-state index contributed by atoms with van der Waals surface area (Å²) in [5, 5.41) is 2.95. The smallest absolute Gasteiger partial charge is 0.237 e. The van der Waals surface area contributed by atoms with Crippen molar-refractivity contribution < 1.29 is 9.59 Å². The molecule has 2 amide bonds. The third-order valence-corrected chi connectivity index (χ3v) is 5.43. The quantitative estimate of drug-likeness (QED) is 0.799. The van der Waals surface area contributed by atoms with E-state index in [1.54, 1.807) is 16.7 Å². The number of benzene rings is 2. The number of carbonyl (C=O) groups is 2. The lowest BCUT2D eigenvalue weighted by Gasteiger charge is -2.28. The Morgan fingerprint density at radius 2 is 1.81 bits per heavy atom. The molecule has 1 aliphatic heterocycles. The maximum atomic E-state index is 12.2. The zero-order valence-corrected chi connectivity index (χ0v) is 16.6. The molecule has 0 fully saturated rings. The highest BCUT2D eigenvalue weighted by molar-refractivity contribution is 8.00. The Labute approximate surface area is 164 Å². The molecule has 1 heterocycles. The number of thioether (sulfide) groups is 1. The van der Waals surface area contributed by atoms with Crippen molar-refractivity contribution >= 4 is 29.3 Å². The summed E-state index contributed by atoms with van der Waals surface area (Å²) in [7, 11) is 4.08. The average Bonchev–Trinajstić information content (AvgIpc) is 2.66. The number of fused-ring (bicyclic) bond motifs is 1. The van der Waals surface area contributed by atoms with E-state index in [-0.39, 0.29) is 11.8 Å². The Morgan fingerprint density at radius 3 is 2.56 bits per heavy atom. The van der Waals surface area contributed by atoms with E-state index in [0.29, 0.717) is 25.3 Å². The van der Waals surface area contributed by atoms with Crippen molar-refractivity contribution in [3.8, 4) is 0 Å². The van der Waals surface area contributed by atoms with Crippen molar-refractivity contribution in [2.75, 3.05) is 31.3 Å². The van der Waals surface area contributed by atoms with Gasteiger partial charge in [0.2, 0.25) is 11.8 Å². The summed E-state index contributed by atoms with van der Waals surface area (Å²) < 4.78 is 0. The van der Waals surface area contributed by atoms with Crippen LogP contribution in [0.15, 0.2) is 53.4 Å². The van der Waals surface area contributed by atoms with Crippen molar-refractivity contribution in [1.82, 2.24) is 10.2 Å². The molecular weight excluding hydrogens is 358 g/mol. The number of para-hydroxylation sites is 1. The number of nitrogens with one attached hydrogen (secondary N) is 1. The summed E-state index contributed by atoms with van der Waals surface area (Å²) in [6.45, 7) is 1.81. The van der Waals surface area contributed by atoms with Crippen LogP contribution in [0.25, 0.3) is 0 Å². The molecule has 6 heteroatoms. The lowest BCUT2D eigenvalue weighted by Crippen LogP contribution is -2.38. The fraction of sp³-hybridized carbons (Fsp3) is 0.333. The normalized spacial score (nSPS) is 13.6. The molecule has 0 spiro atoms. The van der Waals surface area contributed by atoms with Crippen LogP contribution in [-0.4, -0.2) is 43.1 Å². The van der Waals surface area contributed by atoms with E-state index < -0.39 is 0 Å². The maximum Gasteiger partial charge on any atom is 0.237 e. The summed E-state index contributed by atoms with van der Waals surface area (Å²) in [6.07, 6.45) is 0.295. The van der Waals surface area contributed by atoms with Crippen LogP contribution in [0.2, 0.25) is 0 Å². The zero-order chi connectivity index (χ0) is 19.2. The molecule has 5 nitrogen and oxygen atoms in total. The first-order valence-electron chi connectivity index (χ1n) is 9.04. The molecule has 2 aromatic rings. The third-order valence-electron chi connectivity index (χ3n) is 4.38. The fourth-order valence-corrected chi connectivity index (χ4v) is 3.96. The maximum absolute atomic E-state index is 12.2. The van der Waals surface area contributed by atoms with Crippen molar-refractivity contribution in [3.05, 3.63) is 59.7 Å². The number of anilines is 1. The number of carbonyl (C=O) groups excluding carboxylic acids is 2. The third kappa shape index (κ3) is 5.34. The van der Waals surface area contributed by atoms with Gasteiger partial charge in [0.25, 0.3) is 0 Å². The van der Waals surface area contributed by atoms with Gasteiger partial charge in [0, 0.05) is 31.0 Å². The van der Waals surface area contributed by atoms with Crippen LogP contribution in [-0.2, 0) is 22.7 Å². The molecule has 0 aromatic heterocycles. The molecular formula is C21H25N3O2S. The van der Waals surface area contributed by atoms with E-state index in [2.05, 4.69) is 22.3 Å². The minimum atomic E-state index is -0.0455. The Hall–Kier alpha value is -2.31. The molecule has 27 heavy (non-hydrogen) atoms. The molecule has 0 saturated carbocycles. The molecule has 3 rings (SSSR count). The second-order valence-electron chi connectivity index (χ2n) is 6.88. The highest BCUT2D eigenvalue weighted by Gasteiger charge is 2.24. The van der Waals surface area contributed by atoms with Gasteiger partial charge < -0.3 is 15.1 Å². The number of hydrogen-bond acceptors (Lipinski definition) is 4. The lowest BCUT2D eigenvalue weighted by molar-refractivity contribution is -0.121. The van der Waals surface area contributed by atoms with Gasteiger partial charge in [-0.25, -0.2) is 0 Å². The number of hydrogen-bond donors (Lipinski definition) is 1. The summed E-state index contributed by atoms with van der Waals surface area (Å²) in [4.78, 5) is 29.4. The van der Waals surface area contributed by atoms with Crippen LogP contribution < -0.4 is 10.2 Å². The van der Waals surface area contributed by atoms with Crippen LogP contribution in [0.1, 0.15) is 17.5 Å². The first-order valence-corrected chi connectivity index (χ1v) is 10.0. The first-order chi connectivity index (χ1) is 13.0. The molecule has 142 valence electrons. The molecule has 0 atom stereocenters. The summed E-state index contributed by atoms with van der Waals surface area (Å²) in [5.74, 6) is 0.441. The Balaban J connectivity index is 1.49. The van der Waals surface area contributed by atoms with Gasteiger partial charge in [0.15, 0.2) is 0 Å². The SMILES string of the molecule is CN(C)Cc1ccc(CNC(=O)CCN2C(=O)CSc3ccccc32)cc1. The molecule has 1 N–H and O–H groups in total. The van der Waals surface area contributed by atoms with Gasteiger partial charge in [-0.15, -0.1) is 11.8 Å². The number of nitrogens with zero attached hydrogens (tertiary/aromatic N) is 2. The van der Waals surface area contributed by atoms with Crippen LogP contribution in [0.5, 0.6) is 0 Å². The minimum absolute atomic E-state index is 0.0455. The summed E-state index contributed by atoms with van der Waals surface area (Å²) >= 11 is 1.55. The van der Waals surface area contributed by atoms with Crippen LogP contribution in [0.4, 0.5) is 5.69 Å². The van der Waals surface area contributed by atoms with E-state index in [0.717, 1.165) is 22.7 Å². The fourth-order valence-electron chi connectivity index (χ4n) is 3.03. The van der Waals surface area contributed by atoms with Crippen LogP contribution in [0.3, 0.4) is 0 Å². The highest BCUT2D eigenvalue weighted by Crippen LogP contribution is 2.34. The topological polar surface area (TPSA) is 52.7 Å². The number of rotatable bonds is 7. The standard InChI is InChI=1S/C21H25N3O2S/c1-23(2)14-17-9-7-16(8-10-17)13-22-20(25)11-12-24-18-5-3-4-6-19(18)27-15-21(24)26/h3-10H,11-15H2,1-2H3,(H,22,25). The predicted octanol–water partition coefficient (Wildman–Crippen LogP) is 2.89. The Morgan fingerprint density at radius 1 is 1.11 bits per heavy atom. The van der Waals surface area contributed by atoms with Gasteiger partial charge >= 0.3 is 0 Å². The van der Waals surface area contributed by atoms with Crippen LogP contribution >= 0.6 is 11.8 Å². The van der Waals surface area contributed by atoms with Crippen molar-refractivity contribution in [3.63, 3.8) is 0 Å². The molecule has 0 unspecified atom stereocenters. The van der Waals surface area contributed by atoms with Gasteiger partial charge in [-0.1, -0.05) is 36.4 Å². The highest BCUT2D eigenvalue weighted by atomic mass is 32.2. The van der Waals surface area contributed by atoms with Gasteiger partial charge in [0.05, 0.1) is 11.4 Å². The lowest BCUT2D eigenvalue weighted by atomic mass is 10.1. The van der Waals surface area contributed by atoms with Gasteiger partial charge in [0.1, 0.15) is 0 Å². The predicted molar refractivity (Wildman–Crippen MR) is 110 cm³/mol. The molecule has 0 aliphatic carbocycles. The van der Waals surface area contributed by atoms with Gasteiger partial charge in [-0.3, -0.25) is 9.59 Å². The second kappa shape index (κ2) is 9.06. The first kappa shape index (κ1) is 19.5. The number of amides is 2. The monoisotopic (exact) mass is 383 g/mol. The van der Waals surface area contributed by atoms with E-state index in [4.69, 9.17) is 0 Å². The van der Waals surface area contributed by atoms with E-state index in [1.807, 2.05) is 50.5 Å².